The van der Waals surface area contributed by atoms with Crippen LogP contribution in [0, 0.1) is 5.92 Å². The van der Waals surface area contributed by atoms with Crippen molar-refractivity contribution in [3.63, 3.8) is 0 Å². The SMILES string of the molecule is CCO/N=C/c1ccc(OCCC2CCN(c3nc4ccccc4o3)CC2)cc1. The summed E-state index contributed by atoms with van der Waals surface area (Å²) in [5.41, 5.74) is 2.78. The van der Waals surface area contributed by atoms with E-state index in [4.69, 9.17) is 14.0 Å². The fraction of sp³-hybridized carbons (Fsp3) is 0.391. The van der Waals surface area contributed by atoms with Gasteiger partial charge >= 0.3 is 0 Å². The highest BCUT2D eigenvalue weighted by atomic mass is 16.6. The van der Waals surface area contributed by atoms with Crippen LogP contribution in [0.2, 0.25) is 0 Å². The molecule has 0 unspecified atom stereocenters. The molecule has 1 saturated heterocycles. The van der Waals surface area contributed by atoms with Gasteiger partial charge in [-0.05, 0) is 74.1 Å². The maximum atomic E-state index is 5.92. The van der Waals surface area contributed by atoms with Gasteiger partial charge < -0.3 is 18.9 Å². The molecular weight excluding hydrogens is 366 g/mol. The zero-order valence-corrected chi connectivity index (χ0v) is 16.8. The second-order valence-corrected chi connectivity index (χ2v) is 7.25. The molecule has 1 fully saturated rings. The quantitative estimate of drug-likeness (QED) is 0.403. The smallest absolute Gasteiger partial charge is 0.298 e. The molecule has 0 radical (unpaired) electrons. The molecule has 2 aromatic carbocycles. The van der Waals surface area contributed by atoms with Gasteiger partial charge in [-0.1, -0.05) is 17.3 Å². The van der Waals surface area contributed by atoms with Crippen LogP contribution < -0.4 is 9.64 Å². The Morgan fingerprint density at radius 2 is 1.93 bits per heavy atom. The molecule has 3 aromatic rings. The molecule has 0 bridgehead atoms. The number of rotatable bonds is 8. The molecule has 6 heteroatoms. The lowest BCUT2D eigenvalue weighted by Gasteiger charge is -2.30. The Bertz CT molecular complexity index is 895. The van der Waals surface area contributed by atoms with Crippen molar-refractivity contribution in [1.82, 2.24) is 4.98 Å². The van der Waals surface area contributed by atoms with Gasteiger partial charge in [-0.3, -0.25) is 0 Å². The summed E-state index contributed by atoms with van der Waals surface area (Å²) in [5.74, 6) is 1.57. The number of hydrogen-bond donors (Lipinski definition) is 0. The van der Waals surface area contributed by atoms with Crippen molar-refractivity contribution in [2.45, 2.75) is 26.2 Å². The summed E-state index contributed by atoms with van der Waals surface area (Å²) in [7, 11) is 0. The van der Waals surface area contributed by atoms with Gasteiger partial charge in [0.2, 0.25) is 0 Å². The normalized spacial score (nSPS) is 15.3. The van der Waals surface area contributed by atoms with Crippen LogP contribution in [0.3, 0.4) is 0 Å². The lowest BCUT2D eigenvalue weighted by molar-refractivity contribution is 0.160. The van der Waals surface area contributed by atoms with Crippen molar-refractivity contribution in [3.8, 4) is 5.75 Å². The maximum Gasteiger partial charge on any atom is 0.298 e. The van der Waals surface area contributed by atoms with Gasteiger partial charge in [-0.25, -0.2) is 0 Å². The molecule has 152 valence electrons. The van der Waals surface area contributed by atoms with Crippen LogP contribution in [0.25, 0.3) is 11.1 Å². The van der Waals surface area contributed by atoms with Gasteiger partial charge in [0.15, 0.2) is 5.58 Å². The van der Waals surface area contributed by atoms with Crippen LogP contribution in [0.5, 0.6) is 5.75 Å². The van der Waals surface area contributed by atoms with E-state index < -0.39 is 0 Å². The van der Waals surface area contributed by atoms with Gasteiger partial charge in [0.1, 0.15) is 17.9 Å². The summed E-state index contributed by atoms with van der Waals surface area (Å²) < 4.78 is 11.8. The van der Waals surface area contributed by atoms with Gasteiger partial charge in [0.25, 0.3) is 6.01 Å². The van der Waals surface area contributed by atoms with Gasteiger partial charge in [-0.2, -0.15) is 4.98 Å². The van der Waals surface area contributed by atoms with E-state index in [9.17, 15) is 0 Å². The molecular formula is C23H27N3O3. The minimum absolute atomic E-state index is 0.575. The molecule has 29 heavy (non-hydrogen) atoms. The highest BCUT2D eigenvalue weighted by Crippen LogP contribution is 2.27. The average Bonchev–Trinajstić information content (AvgIpc) is 3.20. The highest BCUT2D eigenvalue weighted by molar-refractivity contribution is 5.79. The lowest BCUT2D eigenvalue weighted by atomic mass is 9.94. The van der Waals surface area contributed by atoms with Crippen molar-refractivity contribution >= 4 is 23.3 Å². The Labute approximate surface area is 171 Å². The zero-order chi connectivity index (χ0) is 19.9. The Morgan fingerprint density at radius 1 is 1.14 bits per heavy atom. The van der Waals surface area contributed by atoms with Crippen molar-refractivity contribution in [2.24, 2.45) is 11.1 Å². The lowest BCUT2D eigenvalue weighted by Crippen LogP contribution is -2.34. The second kappa shape index (κ2) is 9.45. The van der Waals surface area contributed by atoms with Crippen LogP contribution in [-0.4, -0.2) is 37.5 Å². The minimum atomic E-state index is 0.575. The predicted octanol–water partition coefficient (Wildman–Crippen LogP) is 4.88. The Balaban J connectivity index is 1.20. The predicted molar refractivity (Wildman–Crippen MR) is 115 cm³/mol. The third-order valence-corrected chi connectivity index (χ3v) is 5.25. The Morgan fingerprint density at radius 3 is 2.69 bits per heavy atom. The molecule has 0 aliphatic carbocycles. The first kappa shape index (κ1) is 19.3. The van der Waals surface area contributed by atoms with Gasteiger partial charge in [0, 0.05) is 13.1 Å². The first-order valence-corrected chi connectivity index (χ1v) is 10.3. The first-order valence-electron chi connectivity index (χ1n) is 10.3. The molecule has 0 saturated carbocycles. The topological polar surface area (TPSA) is 60.1 Å². The fourth-order valence-corrected chi connectivity index (χ4v) is 3.57. The molecule has 2 heterocycles. The van der Waals surface area contributed by atoms with Crippen molar-refractivity contribution in [1.29, 1.82) is 0 Å². The molecule has 0 amide bonds. The van der Waals surface area contributed by atoms with E-state index in [0.717, 1.165) is 67.4 Å². The number of oxime groups is 1. The Hall–Kier alpha value is -3.02. The van der Waals surface area contributed by atoms with Gasteiger partial charge in [-0.15, -0.1) is 0 Å². The number of anilines is 1. The second-order valence-electron chi connectivity index (χ2n) is 7.25. The molecule has 1 aliphatic heterocycles. The highest BCUT2D eigenvalue weighted by Gasteiger charge is 2.22. The summed E-state index contributed by atoms with van der Waals surface area (Å²) in [6.07, 6.45) is 5.04. The summed E-state index contributed by atoms with van der Waals surface area (Å²) in [6, 6.07) is 16.6. The molecule has 0 atom stereocenters. The van der Waals surface area contributed by atoms with E-state index in [1.807, 2.05) is 55.5 Å². The van der Waals surface area contributed by atoms with Crippen molar-refractivity contribution in [3.05, 3.63) is 54.1 Å². The maximum absolute atomic E-state index is 5.92. The largest absolute Gasteiger partial charge is 0.494 e. The van der Waals surface area contributed by atoms with E-state index in [0.29, 0.717) is 12.5 Å². The third-order valence-electron chi connectivity index (χ3n) is 5.25. The van der Waals surface area contributed by atoms with Crippen molar-refractivity contribution < 1.29 is 14.0 Å². The molecule has 1 aromatic heterocycles. The molecule has 0 N–H and O–H groups in total. The third kappa shape index (κ3) is 5.08. The number of oxazole rings is 1. The van der Waals surface area contributed by atoms with Crippen LogP contribution in [0.15, 0.2) is 58.1 Å². The standard InChI is InChI=1S/C23H27N3O3/c1-2-28-24-17-19-7-9-20(10-8-19)27-16-13-18-11-14-26(15-12-18)23-25-21-5-3-4-6-22(21)29-23/h3-10,17-18H,2,11-16H2,1H3/b24-17+. The number of piperidine rings is 1. The van der Waals surface area contributed by atoms with E-state index >= 15 is 0 Å². The summed E-state index contributed by atoms with van der Waals surface area (Å²) in [6.45, 7) is 5.18. The van der Waals surface area contributed by atoms with Crippen LogP contribution in [-0.2, 0) is 4.84 Å². The number of para-hydroxylation sites is 2. The fourth-order valence-electron chi connectivity index (χ4n) is 3.57. The molecule has 4 rings (SSSR count). The zero-order valence-electron chi connectivity index (χ0n) is 16.8. The number of benzene rings is 2. The van der Waals surface area contributed by atoms with E-state index in [1.165, 1.54) is 0 Å². The molecule has 0 spiro atoms. The first-order chi connectivity index (χ1) is 14.3. The summed E-state index contributed by atoms with van der Waals surface area (Å²) in [5, 5.41) is 3.87. The monoisotopic (exact) mass is 393 g/mol. The number of aromatic nitrogens is 1. The van der Waals surface area contributed by atoms with E-state index in [1.54, 1.807) is 6.21 Å². The van der Waals surface area contributed by atoms with Crippen LogP contribution in [0.4, 0.5) is 6.01 Å². The summed E-state index contributed by atoms with van der Waals surface area (Å²) >= 11 is 0. The molecule has 6 nitrogen and oxygen atoms in total. The van der Waals surface area contributed by atoms with E-state index in [2.05, 4.69) is 15.0 Å². The van der Waals surface area contributed by atoms with Gasteiger partial charge in [0.05, 0.1) is 12.8 Å². The van der Waals surface area contributed by atoms with Crippen molar-refractivity contribution in [2.75, 3.05) is 31.2 Å². The van der Waals surface area contributed by atoms with Crippen LogP contribution >= 0.6 is 0 Å². The average molecular weight is 393 g/mol. The van der Waals surface area contributed by atoms with Crippen LogP contribution in [0.1, 0.15) is 31.7 Å². The van der Waals surface area contributed by atoms with E-state index in [-0.39, 0.29) is 0 Å². The number of fused-ring (bicyclic) bond motifs is 1. The molecule has 1 aliphatic rings. The summed E-state index contributed by atoms with van der Waals surface area (Å²) in [4.78, 5) is 11.8. The minimum Gasteiger partial charge on any atom is -0.494 e. The number of hydrogen-bond acceptors (Lipinski definition) is 6. The number of nitrogens with zero attached hydrogens (tertiary/aromatic N) is 3. The number of ether oxygens (including phenoxy) is 1. The Kier molecular flexibility index (Phi) is 6.29.